The largest absolute Gasteiger partial charge is 0.346 e. The van der Waals surface area contributed by atoms with E-state index in [1.807, 2.05) is 32.9 Å². The molecule has 1 aromatic carbocycles. The fraction of sp³-hybridized carbons (Fsp3) is 0.526. The topological polar surface area (TPSA) is 60.1 Å². The number of amides is 1. The van der Waals surface area contributed by atoms with Crippen LogP contribution in [-0.2, 0) is 24.3 Å². The predicted molar refractivity (Wildman–Crippen MR) is 98.0 cm³/mol. The summed E-state index contributed by atoms with van der Waals surface area (Å²) in [4.78, 5) is 27.1. The summed E-state index contributed by atoms with van der Waals surface area (Å²) in [5.41, 5.74) is 2.94. The Morgan fingerprint density at radius 3 is 2.56 bits per heavy atom. The van der Waals surface area contributed by atoms with Crippen molar-refractivity contribution in [2.75, 3.05) is 11.4 Å². The van der Waals surface area contributed by atoms with Gasteiger partial charge in [-0.05, 0) is 56.9 Å². The molecular weight excluding hydrogens is 316 g/mol. The lowest BCUT2D eigenvalue weighted by molar-refractivity contribution is -0.119. The van der Waals surface area contributed by atoms with E-state index in [-0.39, 0.29) is 18.1 Å². The van der Waals surface area contributed by atoms with Crippen LogP contribution in [0.2, 0.25) is 0 Å². The summed E-state index contributed by atoms with van der Waals surface area (Å²) in [7, 11) is 0. The van der Waals surface area contributed by atoms with Crippen LogP contribution in [0.15, 0.2) is 23.0 Å². The SMILES string of the molecule is CCN(C(=O)Cn1nc2n(c1=O)CCCCC2)c1cc(C)cc(C)c1. The summed E-state index contributed by atoms with van der Waals surface area (Å²) in [5, 5.41) is 4.42. The van der Waals surface area contributed by atoms with E-state index in [1.54, 1.807) is 9.47 Å². The number of likely N-dealkylation sites (N-methyl/N-ethyl adjacent to an activating group) is 1. The first-order valence-corrected chi connectivity index (χ1v) is 9.04. The summed E-state index contributed by atoms with van der Waals surface area (Å²) in [6.07, 6.45) is 3.98. The van der Waals surface area contributed by atoms with Gasteiger partial charge >= 0.3 is 5.69 Å². The Balaban J connectivity index is 1.84. The molecule has 0 bridgehead atoms. The molecule has 0 aliphatic carbocycles. The van der Waals surface area contributed by atoms with Gasteiger partial charge in [0.1, 0.15) is 12.4 Å². The van der Waals surface area contributed by atoms with Crippen molar-refractivity contribution in [1.29, 1.82) is 0 Å². The molecule has 2 aromatic rings. The Morgan fingerprint density at radius 1 is 1.16 bits per heavy atom. The smallest absolute Gasteiger partial charge is 0.311 e. The van der Waals surface area contributed by atoms with Crippen LogP contribution in [0.25, 0.3) is 0 Å². The maximum atomic E-state index is 12.8. The second kappa shape index (κ2) is 7.25. The van der Waals surface area contributed by atoms with E-state index in [4.69, 9.17) is 0 Å². The molecule has 0 fully saturated rings. The van der Waals surface area contributed by atoms with Gasteiger partial charge in [-0.2, -0.15) is 5.10 Å². The van der Waals surface area contributed by atoms with Crippen molar-refractivity contribution in [3.8, 4) is 0 Å². The third-order valence-corrected chi connectivity index (χ3v) is 4.70. The van der Waals surface area contributed by atoms with E-state index in [2.05, 4.69) is 11.2 Å². The zero-order valence-corrected chi connectivity index (χ0v) is 15.3. The highest BCUT2D eigenvalue weighted by Crippen LogP contribution is 2.19. The minimum atomic E-state index is -0.165. The van der Waals surface area contributed by atoms with Crippen LogP contribution < -0.4 is 10.6 Å². The van der Waals surface area contributed by atoms with Gasteiger partial charge in [0.25, 0.3) is 0 Å². The monoisotopic (exact) mass is 342 g/mol. The Kier molecular flexibility index (Phi) is 5.06. The molecule has 1 aromatic heterocycles. The summed E-state index contributed by atoms with van der Waals surface area (Å²) in [5.74, 6) is 0.701. The van der Waals surface area contributed by atoms with Crippen LogP contribution in [0.1, 0.15) is 43.1 Å². The summed E-state index contributed by atoms with van der Waals surface area (Å²) < 4.78 is 3.06. The summed E-state index contributed by atoms with van der Waals surface area (Å²) in [6.45, 7) is 7.23. The Morgan fingerprint density at radius 2 is 1.88 bits per heavy atom. The summed E-state index contributed by atoms with van der Waals surface area (Å²) >= 11 is 0. The number of carbonyl (C=O) groups excluding carboxylic acids is 1. The van der Waals surface area contributed by atoms with Gasteiger partial charge in [-0.25, -0.2) is 9.48 Å². The average molecular weight is 342 g/mol. The van der Waals surface area contributed by atoms with Gasteiger partial charge < -0.3 is 4.90 Å². The number of aromatic nitrogens is 3. The predicted octanol–water partition coefficient (Wildman–Crippen LogP) is 2.44. The molecule has 0 spiro atoms. The van der Waals surface area contributed by atoms with E-state index >= 15 is 0 Å². The Labute approximate surface area is 148 Å². The van der Waals surface area contributed by atoms with Crippen LogP contribution in [0.4, 0.5) is 5.69 Å². The van der Waals surface area contributed by atoms with Gasteiger partial charge in [0, 0.05) is 25.2 Å². The highest BCUT2D eigenvalue weighted by atomic mass is 16.2. The first-order valence-electron chi connectivity index (χ1n) is 9.04. The van der Waals surface area contributed by atoms with Crippen LogP contribution in [-0.4, -0.2) is 26.8 Å². The molecule has 3 rings (SSSR count). The number of anilines is 1. The van der Waals surface area contributed by atoms with Crippen LogP contribution in [0.3, 0.4) is 0 Å². The van der Waals surface area contributed by atoms with E-state index < -0.39 is 0 Å². The van der Waals surface area contributed by atoms with Crippen molar-refractivity contribution in [1.82, 2.24) is 14.3 Å². The zero-order valence-electron chi connectivity index (χ0n) is 15.3. The number of benzene rings is 1. The van der Waals surface area contributed by atoms with Crippen molar-refractivity contribution in [2.45, 2.75) is 59.5 Å². The van der Waals surface area contributed by atoms with Gasteiger partial charge in [0.05, 0.1) is 0 Å². The second-order valence-electron chi connectivity index (χ2n) is 6.80. The minimum absolute atomic E-state index is 0.0142. The van der Waals surface area contributed by atoms with Crippen molar-refractivity contribution in [3.05, 3.63) is 45.6 Å². The molecular formula is C19H26N4O2. The normalized spacial score (nSPS) is 14.0. The molecule has 6 heteroatoms. The van der Waals surface area contributed by atoms with Crippen molar-refractivity contribution >= 4 is 11.6 Å². The lowest BCUT2D eigenvalue weighted by Gasteiger charge is -2.22. The van der Waals surface area contributed by atoms with Crippen molar-refractivity contribution in [2.24, 2.45) is 0 Å². The lowest BCUT2D eigenvalue weighted by Crippen LogP contribution is -2.37. The maximum Gasteiger partial charge on any atom is 0.346 e. The van der Waals surface area contributed by atoms with Gasteiger partial charge in [-0.15, -0.1) is 0 Å². The number of nitrogens with zero attached hydrogens (tertiary/aromatic N) is 4. The highest BCUT2D eigenvalue weighted by molar-refractivity contribution is 5.93. The molecule has 1 aliphatic rings. The van der Waals surface area contributed by atoms with Crippen LogP contribution in [0, 0.1) is 13.8 Å². The average Bonchev–Trinajstić information content (AvgIpc) is 2.73. The van der Waals surface area contributed by atoms with Gasteiger partial charge in [-0.1, -0.05) is 12.5 Å². The fourth-order valence-electron chi connectivity index (χ4n) is 3.55. The zero-order chi connectivity index (χ0) is 18.0. The minimum Gasteiger partial charge on any atom is -0.311 e. The molecule has 0 N–H and O–H groups in total. The van der Waals surface area contributed by atoms with E-state index in [1.165, 1.54) is 4.68 Å². The molecule has 6 nitrogen and oxygen atoms in total. The molecule has 0 saturated heterocycles. The quantitative estimate of drug-likeness (QED) is 0.857. The van der Waals surface area contributed by atoms with Crippen molar-refractivity contribution < 1.29 is 4.79 Å². The fourth-order valence-corrected chi connectivity index (χ4v) is 3.55. The van der Waals surface area contributed by atoms with Gasteiger partial charge in [-0.3, -0.25) is 9.36 Å². The molecule has 1 aliphatic heterocycles. The number of hydrogen-bond acceptors (Lipinski definition) is 3. The van der Waals surface area contributed by atoms with E-state index in [0.717, 1.165) is 48.3 Å². The number of rotatable bonds is 4. The number of aryl methyl sites for hydroxylation is 3. The molecule has 0 atom stereocenters. The third-order valence-electron chi connectivity index (χ3n) is 4.70. The Bertz CT molecular complexity index is 814. The number of carbonyl (C=O) groups is 1. The maximum absolute atomic E-state index is 12.8. The molecule has 134 valence electrons. The highest BCUT2D eigenvalue weighted by Gasteiger charge is 2.20. The van der Waals surface area contributed by atoms with Gasteiger partial charge in [0.2, 0.25) is 5.91 Å². The standard InChI is InChI=1S/C19H26N4O2/c1-4-21(16-11-14(2)10-15(3)12-16)18(24)13-23-19(25)22-9-7-5-6-8-17(22)20-23/h10-12H,4-9,13H2,1-3H3. The first-order chi connectivity index (χ1) is 12.0. The third kappa shape index (κ3) is 3.67. The Hall–Kier alpha value is -2.37. The molecule has 0 radical (unpaired) electrons. The van der Waals surface area contributed by atoms with Crippen molar-refractivity contribution in [3.63, 3.8) is 0 Å². The molecule has 25 heavy (non-hydrogen) atoms. The van der Waals surface area contributed by atoms with Gasteiger partial charge in [0.15, 0.2) is 0 Å². The summed E-state index contributed by atoms with van der Waals surface area (Å²) in [6, 6.07) is 6.08. The number of fused-ring (bicyclic) bond motifs is 1. The molecule has 0 unspecified atom stereocenters. The van der Waals surface area contributed by atoms with Crippen LogP contribution >= 0.6 is 0 Å². The van der Waals surface area contributed by atoms with E-state index in [0.29, 0.717) is 13.1 Å². The first kappa shape index (κ1) is 17.5. The lowest BCUT2D eigenvalue weighted by atomic mass is 10.1. The number of hydrogen-bond donors (Lipinski definition) is 0. The van der Waals surface area contributed by atoms with Crippen LogP contribution in [0.5, 0.6) is 0 Å². The molecule has 0 saturated carbocycles. The second-order valence-corrected chi connectivity index (χ2v) is 6.80. The van der Waals surface area contributed by atoms with E-state index in [9.17, 15) is 9.59 Å². The molecule has 2 heterocycles. The molecule has 1 amide bonds.